The molecule has 3 rings (SSSR count). The first-order valence-electron chi connectivity index (χ1n) is 6.70. The second-order valence-electron chi connectivity index (χ2n) is 4.78. The van der Waals surface area contributed by atoms with Crippen molar-refractivity contribution in [2.75, 3.05) is 0 Å². The predicted octanol–water partition coefficient (Wildman–Crippen LogP) is 4.54. The summed E-state index contributed by atoms with van der Waals surface area (Å²) in [6, 6.07) is 21.4. The number of benzene rings is 2. The van der Waals surface area contributed by atoms with Crippen LogP contribution in [0.4, 0.5) is 11.4 Å². The van der Waals surface area contributed by atoms with Crippen LogP contribution in [0.2, 0.25) is 0 Å². The van der Waals surface area contributed by atoms with Crippen molar-refractivity contribution in [3.63, 3.8) is 0 Å². The summed E-state index contributed by atoms with van der Waals surface area (Å²) in [6.07, 6.45) is 5.10. The fourth-order valence-electron chi connectivity index (χ4n) is 2.68. The summed E-state index contributed by atoms with van der Waals surface area (Å²) in [4.78, 5) is 0. The van der Waals surface area contributed by atoms with E-state index in [0.717, 1.165) is 0 Å². The molecule has 0 saturated heterocycles. The molecule has 0 aromatic heterocycles. The molecule has 0 bridgehead atoms. The Kier molecular flexibility index (Phi) is 3.22. The topological polar surface area (TPSA) is 3.01 Å². The van der Waals surface area contributed by atoms with Gasteiger partial charge in [0.15, 0.2) is 5.71 Å². The Bertz CT molecular complexity index is 491. The molecule has 0 amide bonds. The lowest BCUT2D eigenvalue weighted by atomic mass is 10.2. The highest BCUT2D eigenvalue weighted by molar-refractivity contribution is 5.91. The molecule has 0 heterocycles. The summed E-state index contributed by atoms with van der Waals surface area (Å²) in [7, 11) is 0. The van der Waals surface area contributed by atoms with Gasteiger partial charge in [0.25, 0.3) is 0 Å². The van der Waals surface area contributed by atoms with Gasteiger partial charge >= 0.3 is 0 Å². The zero-order valence-electron chi connectivity index (χ0n) is 10.5. The number of rotatable bonds is 2. The third kappa shape index (κ3) is 2.21. The van der Waals surface area contributed by atoms with E-state index in [0.29, 0.717) is 0 Å². The molecule has 0 spiro atoms. The molecular weight excluding hydrogens is 218 g/mol. The molecule has 90 valence electrons. The summed E-state index contributed by atoms with van der Waals surface area (Å²) in [5.41, 5.74) is 4.11. The van der Waals surface area contributed by atoms with Crippen molar-refractivity contribution in [1.82, 2.24) is 4.58 Å². The maximum atomic E-state index is 2.42. The van der Waals surface area contributed by atoms with Crippen LogP contribution in [0.5, 0.6) is 0 Å². The molecule has 2 aromatic rings. The van der Waals surface area contributed by atoms with Gasteiger partial charge in [0, 0.05) is 37.1 Å². The van der Waals surface area contributed by atoms with E-state index in [1.54, 1.807) is 5.71 Å². The maximum absolute atomic E-state index is 2.42. The van der Waals surface area contributed by atoms with Crippen LogP contribution in [-0.4, -0.2) is 5.71 Å². The lowest BCUT2D eigenvalue weighted by Gasteiger charge is -2.05. The van der Waals surface area contributed by atoms with Gasteiger partial charge in [-0.3, -0.25) is 0 Å². The number of para-hydroxylation sites is 2. The molecular formula is C17H18N+. The van der Waals surface area contributed by atoms with E-state index < -0.39 is 0 Å². The fraction of sp³-hybridized carbons (Fsp3) is 0.235. The standard InChI is InChI=1S/C17H18N/c1-3-9-15(10-4-1)18(17-13-7-8-14-17)16-11-5-2-6-12-16/h1-6,9-12H,7-8,13-14H2/q+1. The highest BCUT2D eigenvalue weighted by Gasteiger charge is 2.23. The van der Waals surface area contributed by atoms with E-state index in [1.807, 2.05) is 0 Å². The van der Waals surface area contributed by atoms with Gasteiger partial charge in [-0.1, -0.05) is 36.4 Å². The first-order valence-corrected chi connectivity index (χ1v) is 6.70. The minimum Gasteiger partial charge on any atom is -0.162 e. The predicted molar refractivity (Wildman–Crippen MR) is 77.8 cm³/mol. The van der Waals surface area contributed by atoms with Crippen LogP contribution in [0.1, 0.15) is 25.7 Å². The molecule has 0 N–H and O–H groups in total. The van der Waals surface area contributed by atoms with Crippen molar-refractivity contribution in [2.45, 2.75) is 25.7 Å². The normalized spacial score (nSPS) is 14.8. The number of hydrogen-bond donors (Lipinski definition) is 0. The molecule has 1 aliphatic rings. The third-order valence-corrected chi connectivity index (χ3v) is 3.53. The molecule has 1 nitrogen and oxygen atoms in total. The van der Waals surface area contributed by atoms with E-state index >= 15 is 0 Å². The van der Waals surface area contributed by atoms with Crippen LogP contribution in [0.3, 0.4) is 0 Å². The minimum absolute atomic E-state index is 1.23. The second-order valence-corrected chi connectivity index (χ2v) is 4.78. The van der Waals surface area contributed by atoms with E-state index in [2.05, 4.69) is 65.2 Å². The van der Waals surface area contributed by atoms with Crippen LogP contribution in [-0.2, 0) is 0 Å². The highest BCUT2D eigenvalue weighted by atomic mass is 15.0. The zero-order chi connectivity index (χ0) is 12.2. The molecule has 1 saturated carbocycles. The van der Waals surface area contributed by atoms with Crippen molar-refractivity contribution in [3.05, 3.63) is 60.7 Å². The molecule has 18 heavy (non-hydrogen) atoms. The maximum Gasteiger partial charge on any atom is 0.211 e. The number of nitrogens with zero attached hydrogens (tertiary/aromatic N) is 1. The second kappa shape index (κ2) is 5.18. The van der Waals surface area contributed by atoms with Gasteiger partial charge in [-0.2, -0.15) is 4.58 Å². The van der Waals surface area contributed by atoms with Crippen LogP contribution < -0.4 is 4.58 Å². The molecule has 1 heteroatoms. The van der Waals surface area contributed by atoms with Crippen LogP contribution in [0.15, 0.2) is 60.7 Å². The van der Waals surface area contributed by atoms with Gasteiger partial charge in [-0.25, -0.2) is 0 Å². The van der Waals surface area contributed by atoms with Crippen molar-refractivity contribution in [1.29, 1.82) is 0 Å². The summed E-state index contributed by atoms with van der Waals surface area (Å²) in [5.74, 6) is 0. The fourth-order valence-corrected chi connectivity index (χ4v) is 2.68. The Balaban J connectivity index is 2.14. The van der Waals surface area contributed by atoms with Gasteiger partial charge in [0.2, 0.25) is 11.4 Å². The van der Waals surface area contributed by atoms with Gasteiger partial charge in [-0.05, 0) is 12.8 Å². The van der Waals surface area contributed by atoms with Crippen LogP contribution >= 0.6 is 0 Å². The summed E-state index contributed by atoms with van der Waals surface area (Å²) in [6.45, 7) is 0. The minimum atomic E-state index is 1.23. The van der Waals surface area contributed by atoms with Crippen molar-refractivity contribution in [3.8, 4) is 0 Å². The Morgan fingerprint density at radius 3 is 1.50 bits per heavy atom. The summed E-state index contributed by atoms with van der Waals surface area (Å²) >= 11 is 0. The summed E-state index contributed by atoms with van der Waals surface area (Å²) < 4.78 is 2.42. The van der Waals surface area contributed by atoms with Gasteiger partial charge in [0.1, 0.15) is 0 Å². The first kappa shape index (κ1) is 11.2. The van der Waals surface area contributed by atoms with Crippen molar-refractivity contribution in [2.24, 2.45) is 0 Å². The molecule has 1 aliphatic carbocycles. The Hall–Kier alpha value is -1.89. The average molecular weight is 236 g/mol. The van der Waals surface area contributed by atoms with Crippen LogP contribution in [0, 0.1) is 0 Å². The third-order valence-electron chi connectivity index (χ3n) is 3.53. The van der Waals surface area contributed by atoms with Crippen LogP contribution in [0.25, 0.3) is 0 Å². The quantitative estimate of drug-likeness (QED) is 0.674. The largest absolute Gasteiger partial charge is 0.211 e. The first-order chi connectivity index (χ1) is 8.95. The van der Waals surface area contributed by atoms with E-state index in [9.17, 15) is 0 Å². The Labute approximate surface area is 108 Å². The molecule has 0 atom stereocenters. The highest BCUT2D eigenvalue weighted by Crippen LogP contribution is 2.25. The zero-order valence-corrected chi connectivity index (χ0v) is 10.5. The van der Waals surface area contributed by atoms with Crippen molar-refractivity contribution < 1.29 is 0 Å². The van der Waals surface area contributed by atoms with Crippen molar-refractivity contribution >= 4 is 17.1 Å². The van der Waals surface area contributed by atoms with E-state index in [4.69, 9.17) is 0 Å². The van der Waals surface area contributed by atoms with Gasteiger partial charge < -0.3 is 0 Å². The smallest absolute Gasteiger partial charge is 0.162 e. The lowest BCUT2D eigenvalue weighted by molar-refractivity contribution is 0.886. The SMILES string of the molecule is c1ccc([N+](=C2CCCC2)c2ccccc2)cc1. The van der Waals surface area contributed by atoms with Gasteiger partial charge in [0.05, 0.1) is 0 Å². The molecule has 0 radical (unpaired) electrons. The molecule has 2 aromatic carbocycles. The summed E-state index contributed by atoms with van der Waals surface area (Å²) in [5, 5.41) is 0. The Morgan fingerprint density at radius 1 is 0.611 bits per heavy atom. The van der Waals surface area contributed by atoms with E-state index in [1.165, 1.54) is 37.1 Å². The molecule has 1 fully saturated rings. The molecule has 0 unspecified atom stereocenters. The lowest BCUT2D eigenvalue weighted by Crippen LogP contribution is -2.13. The van der Waals surface area contributed by atoms with Gasteiger partial charge in [-0.15, -0.1) is 0 Å². The number of hydrogen-bond acceptors (Lipinski definition) is 0. The van der Waals surface area contributed by atoms with E-state index in [-0.39, 0.29) is 0 Å². The Morgan fingerprint density at radius 2 is 1.06 bits per heavy atom. The average Bonchev–Trinajstić information content (AvgIpc) is 2.95. The monoisotopic (exact) mass is 236 g/mol. The molecule has 0 aliphatic heterocycles.